The first-order chi connectivity index (χ1) is 15.6. The van der Waals surface area contributed by atoms with Crippen molar-refractivity contribution in [2.24, 2.45) is 0 Å². The van der Waals surface area contributed by atoms with E-state index in [2.05, 4.69) is 20.4 Å². The molecule has 1 aliphatic rings. The van der Waals surface area contributed by atoms with Gasteiger partial charge in [-0.3, -0.25) is 14.5 Å². The van der Waals surface area contributed by atoms with Crippen LogP contribution in [-0.4, -0.2) is 49.4 Å². The van der Waals surface area contributed by atoms with Crippen LogP contribution >= 0.6 is 11.6 Å². The number of halogens is 1. The molecule has 0 saturated carbocycles. The Hall–Kier alpha value is -3.29. The van der Waals surface area contributed by atoms with Crippen LogP contribution in [0.1, 0.15) is 16.1 Å². The first-order valence-electron chi connectivity index (χ1n) is 10.5. The van der Waals surface area contributed by atoms with Crippen molar-refractivity contribution in [2.75, 3.05) is 42.9 Å². The van der Waals surface area contributed by atoms with Crippen molar-refractivity contribution >= 4 is 34.8 Å². The molecule has 1 aliphatic heterocycles. The highest BCUT2D eigenvalue weighted by Gasteiger charge is 2.20. The highest BCUT2D eigenvalue weighted by Crippen LogP contribution is 2.20. The number of rotatable bonds is 7. The average Bonchev–Trinajstić information content (AvgIpc) is 3.33. The number of furan rings is 1. The maximum absolute atomic E-state index is 12.7. The molecule has 2 heterocycles. The van der Waals surface area contributed by atoms with Crippen molar-refractivity contribution in [3.8, 4) is 0 Å². The van der Waals surface area contributed by atoms with E-state index in [0.717, 1.165) is 36.9 Å². The summed E-state index contributed by atoms with van der Waals surface area (Å²) in [5.41, 5.74) is 2.04. The fourth-order valence-corrected chi connectivity index (χ4v) is 3.80. The third-order valence-corrected chi connectivity index (χ3v) is 5.63. The third kappa shape index (κ3) is 5.69. The molecule has 2 aromatic carbocycles. The Kier molecular flexibility index (Phi) is 7.09. The van der Waals surface area contributed by atoms with Crippen LogP contribution in [0.15, 0.2) is 71.3 Å². The van der Waals surface area contributed by atoms with E-state index in [1.165, 1.54) is 0 Å². The molecule has 3 aromatic rings. The number of amides is 2. The van der Waals surface area contributed by atoms with Crippen LogP contribution < -0.4 is 15.5 Å². The maximum atomic E-state index is 12.7. The molecule has 8 heteroatoms. The summed E-state index contributed by atoms with van der Waals surface area (Å²) in [6.07, 6.45) is 1.56. The van der Waals surface area contributed by atoms with Crippen LogP contribution in [-0.2, 0) is 11.3 Å². The van der Waals surface area contributed by atoms with Gasteiger partial charge >= 0.3 is 0 Å². The summed E-state index contributed by atoms with van der Waals surface area (Å²) in [4.78, 5) is 29.7. The largest absolute Gasteiger partial charge is 0.467 e. The van der Waals surface area contributed by atoms with Gasteiger partial charge in [-0.15, -0.1) is 0 Å². The van der Waals surface area contributed by atoms with E-state index in [1.807, 2.05) is 24.3 Å². The second-order valence-corrected chi connectivity index (χ2v) is 8.03. The van der Waals surface area contributed by atoms with Crippen LogP contribution in [0.4, 0.5) is 11.4 Å². The van der Waals surface area contributed by atoms with Gasteiger partial charge in [0, 0.05) is 36.9 Å². The van der Waals surface area contributed by atoms with Crippen molar-refractivity contribution in [2.45, 2.75) is 6.54 Å². The molecule has 2 amide bonds. The smallest absolute Gasteiger partial charge is 0.253 e. The van der Waals surface area contributed by atoms with E-state index >= 15 is 0 Å². The predicted octanol–water partition coefficient (Wildman–Crippen LogP) is 3.62. The van der Waals surface area contributed by atoms with Gasteiger partial charge in [-0.2, -0.15) is 0 Å². The Morgan fingerprint density at radius 2 is 1.69 bits per heavy atom. The van der Waals surface area contributed by atoms with Gasteiger partial charge in [0.25, 0.3) is 5.91 Å². The Morgan fingerprint density at radius 1 is 0.938 bits per heavy atom. The van der Waals surface area contributed by atoms with Gasteiger partial charge < -0.3 is 20.0 Å². The number of carbonyl (C=O) groups excluding carboxylic acids is 2. The van der Waals surface area contributed by atoms with Gasteiger partial charge in [0.15, 0.2) is 0 Å². The molecule has 1 saturated heterocycles. The van der Waals surface area contributed by atoms with E-state index in [-0.39, 0.29) is 24.9 Å². The highest BCUT2D eigenvalue weighted by atomic mass is 35.5. The van der Waals surface area contributed by atoms with Crippen molar-refractivity contribution in [1.29, 1.82) is 0 Å². The van der Waals surface area contributed by atoms with Crippen molar-refractivity contribution in [3.05, 3.63) is 83.3 Å². The van der Waals surface area contributed by atoms with Crippen LogP contribution in [0, 0.1) is 0 Å². The lowest BCUT2D eigenvalue weighted by Gasteiger charge is -2.35. The third-order valence-electron chi connectivity index (χ3n) is 5.38. The quantitative estimate of drug-likeness (QED) is 0.572. The number of nitrogens with one attached hydrogen (secondary N) is 2. The second-order valence-electron chi connectivity index (χ2n) is 7.60. The first-order valence-corrected chi connectivity index (χ1v) is 10.9. The van der Waals surface area contributed by atoms with Gasteiger partial charge in [0.05, 0.1) is 30.6 Å². The molecule has 2 N–H and O–H groups in total. The van der Waals surface area contributed by atoms with Gasteiger partial charge in [-0.1, -0.05) is 23.7 Å². The zero-order valence-corrected chi connectivity index (χ0v) is 18.3. The molecule has 7 nitrogen and oxygen atoms in total. The van der Waals surface area contributed by atoms with E-state index in [4.69, 9.17) is 16.0 Å². The number of benzene rings is 2. The molecule has 0 spiro atoms. The minimum atomic E-state index is -0.270. The number of carbonyl (C=O) groups is 2. The average molecular weight is 453 g/mol. The Labute approximate surface area is 191 Å². The lowest BCUT2D eigenvalue weighted by Crippen LogP contribution is -2.48. The summed E-state index contributed by atoms with van der Waals surface area (Å²) in [5.74, 6) is 0.253. The van der Waals surface area contributed by atoms with Crippen LogP contribution in [0.5, 0.6) is 0 Å². The molecule has 166 valence electrons. The molecule has 1 aromatic heterocycles. The van der Waals surface area contributed by atoms with Gasteiger partial charge in [-0.05, 0) is 48.5 Å². The highest BCUT2D eigenvalue weighted by molar-refractivity contribution is 6.30. The SMILES string of the molecule is O=C(CN1CCN(c2ccc(Cl)cc2)CC1)Nc1ccccc1C(=O)NCc1ccco1. The molecule has 0 atom stereocenters. The van der Waals surface area contributed by atoms with Gasteiger partial charge in [0.2, 0.25) is 5.91 Å². The number of nitrogens with zero attached hydrogens (tertiary/aromatic N) is 2. The zero-order chi connectivity index (χ0) is 22.3. The molecular weight excluding hydrogens is 428 g/mol. The summed E-state index contributed by atoms with van der Waals surface area (Å²) >= 11 is 5.97. The number of hydrogen-bond donors (Lipinski definition) is 2. The van der Waals surface area contributed by atoms with E-state index in [9.17, 15) is 9.59 Å². The van der Waals surface area contributed by atoms with Crippen molar-refractivity contribution in [3.63, 3.8) is 0 Å². The number of anilines is 2. The maximum Gasteiger partial charge on any atom is 0.253 e. The molecule has 0 bridgehead atoms. The summed E-state index contributed by atoms with van der Waals surface area (Å²) in [6, 6.07) is 18.4. The second kappa shape index (κ2) is 10.3. The van der Waals surface area contributed by atoms with Crippen LogP contribution in [0.25, 0.3) is 0 Å². The number of para-hydroxylation sites is 1. The number of piperazine rings is 1. The normalized spacial score (nSPS) is 14.2. The Morgan fingerprint density at radius 3 is 2.41 bits per heavy atom. The number of hydrogen-bond acceptors (Lipinski definition) is 5. The fourth-order valence-electron chi connectivity index (χ4n) is 3.67. The van der Waals surface area contributed by atoms with Crippen LogP contribution in [0.2, 0.25) is 5.02 Å². The minimum absolute atomic E-state index is 0.142. The molecule has 0 radical (unpaired) electrons. The van der Waals surface area contributed by atoms with E-state index in [0.29, 0.717) is 17.0 Å². The molecule has 1 fully saturated rings. The predicted molar refractivity (Wildman–Crippen MR) is 125 cm³/mol. The molecule has 4 rings (SSSR count). The fraction of sp³-hybridized carbons (Fsp3) is 0.250. The lowest BCUT2D eigenvalue weighted by atomic mass is 10.1. The lowest BCUT2D eigenvalue weighted by molar-refractivity contribution is -0.117. The molecular formula is C24H25ClN4O3. The summed E-state index contributed by atoms with van der Waals surface area (Å²) in [7, 11) is 0. The van der Waals surface area contributed by atoms with E-state index in [1.54, 1.807) is 42.7 Å². The van der Waals surface area contributed by atoms with Gasteiger partial charge in [0.1, 0.15) is 5.76 Å². The van der Waals surface area contributed by atoms with Gasteiger partial charge in [-0.25, -0.2) is 0 Å². The Balaban J connectivity index is 1.29. The minimum Gasteiger partial charge on any atom is -0.467 e. The van der Waals surface area contributed by atoms with Crippen molar-refractivity contribution in [1.82, 2.24) is 10.2 Å². The first kappa shape index (κ1) is 21.9. The topological polar surface area (TPSA) is 77.8 Å². The van der Waals surface area contributed by atoms with Crippen molar-refractivity contribution < 1.29 is 14.0 Å². The summed E-state index contributed by atoms with van der Waals surface area (Å²) in [5, 5.41) is 6.42. The molecule has 32 heavy (non-hydrogen) atoms. The van der Waals surface area contributed by atoms with Crippen LogP contribution in [0.3, 0.4) is 0 Å². The van der Waals surface area contributed by atoms with E-state index < -0.39 is 0 Å². The molecule has 0 unspecified atom stereocenters. The zero-order valence-electron chi connectivity index (χ0n) is 17.6. The summed E-state index contributed by atoms with van der Waals surface area (Å²) < 4.78 is 5.24. The molecule has 0 aliphatic carbocycles. The standard InChI is InChI=1S/C24H25ClN4O3/c25-18-7-9-19(10-8-18)29-13-11-28(12-14-29)17-23(30)27-22-6-2-1-5-21(22)24(31)26-16-20-4-3-15-32-20/h1-10,15H,11-14,16-17H2,(H,26,31)(H,27,30). The Bertz CT molecular complexity index is 1050. The summed E-state index contributed by atoms with van der Waals surface area (Å²) in [6.45, 7) is 3.78. The monoisotopic (exact) mass is 452 g/mol.